The fourth-order valence-corrected chi connectivity index (χ4v) is 3.08. The number of hydrogen-bond donors (Lipinski definition) is 1. The zero-order chi connectivity index (χ0) is 19.0. The van der Waals surface area contributed by atoms with Gasteiger partial charge < -0.3 is 24.1 Å². The molecule has 2 rings (SSSR count). The molecule has 0 aromatic heterocycles. The summed E-state index contributed by atoms with van der Waals surface area (Å²) in [4.78, 5) is 11.8. The maximum absolute atomic E-state index is 11.8. The van der Waals surface area contributed by atoms with E-state index < -0.39 is 17.9 Å². The molecule has 0 spiro atoms. The van der Waals surface area contributed by atoms with Gasteiger partial charge in [0.05, 0.1) is 25.4 Å². The molecule has 0 bridgehead atoms. The Morgan fingerprint density at radius 1 is 1.38 bits per heavy atom. The molecule has 1 aromatic carbocycles. The highest BCUT2D eigenvalue weighted by atomic mass is 16.7. The average Bonchev–Trinajstić information content (AvgIpc) is 2.62. The number of ether oxygens (including phenoxy) is 4. The van der Waals surface area contributed by atoms with Crippen LogP contribution in [0.4, 0.5) is 0 Å². The maximum atomic E-state index is 11.8. The Morgan fingerprint density at radius 3 is 2.77 bits per heavy atom. The van der Waals surface area contributed by atoms with Crippen molar-refractivity contribution in [3.63, 3.8) is 0 Å². The van der Waals surface area contributed by atoms with Gasteiger partial charge in [0.25, 0.3) is 0 Å². The van der Waals surface area contributed by atoms with Crippen molar-refractivity contribution < 1.29 is 28.8 Å². The first-order valence-electron chi connectivity index (χ1n) is 8.85. The van der Waals surface area contributed by atoms with Crippen LogP contribution in [0.2, 0.25) is 0 Å². The topological polar surface area (TPSA) is 74.2 Å². The summed E-state index contributed by atoms with van der Waals surface area (Å²) < 4.78 is 21.7. The van der Waals surface area contributed by atoms with Crippen molar-refractivity contribution in [3.8, 4) is 0 Å². The van der Waals surface area contributed by atoms with Crippen molar-refractivity contribution in [2.45, 2.75) is 38.8 Å². The van der Waals surface area contributed by atoms with Gasteiger partial charge in [-0.1, -0.05) is 30.3 Å². The fourth-order valence-electron chi connectivity index (χ4n) is 3.08. The van der Waals surface area contributed by atoms with Gasteiger partial charge in [-0.15, -0.1) is 0 Å². The summed E-state index contributed by atoms with van der Waals surface area (Å²) in [6.07, 6.45) is 1.27. The Bertz CT molecular complexity index is 596. The maximum Gasteiger partial charge on any atom is 0.330 e. The monoisotopic (exact) mass is 364 g/mol. The lowest BCUT2D eigenvalue weighted by atomic mass is 9.78. The molecule has 0 aliphatic carbocycles. The number of aliphatic hydroxyl groups is 1. The highest BCUT2D eigenvalue weighted by Crippen LogP contribution is 2.37. The van der Waals surface area contributed by atoms with Gasteiger partial charge in [0.15, 0.2) is 6.29 Å². The standard InChI is InChI=1S/C20H28O6/c1-4-25-18(21)12-16-14-26-19(23-3)17(20(16,2)22)10-11-24-13-15-8-6-5-7-9-15/h5-9,12,17,19,22H,4,10-11,13-14H2,1-3H3/b16-12+/t17-,19+,20+/m0/s1. The number of esters is 1. The molecule has 1 aromatic rings. The van der Waals surface area contributed by atoms with Crippen LogP contribution < -0.4 is 0 Å². The van der Waals surface area contributed by atoms with E-state index in [1.165, 1.54) is 6.08 Å². The fraction of sp³-hybridized carbons (Fsp3) is 0.550. The molecular weight excluding hydrogens is 336 g/mol. The molecule has 0 radical (unpaired) electrons. The molecule has 3 atom stereocenters. The summed E-state index contributed by atoms with van der Waals surface area (Å²) in [5.41, 5.74) is 0.324. The van der Waals surface area contributed by atoms with Gasteiger partial charge in [0, 0.05) is 25.7 Å². The van der Waals surface area contributed by atoms with Crippen molar-refractivity contribution >= 4 is 5.97 Å². The molecule has 0 unspecified atom stereocenters. The van der Waals surface area contributed by atoms with E-state index in [1.807, 2.05) is 30.3 Å². The molecule has 6 nitrogen and oxygen atoms in total. The van der Waals surface area contributed by atoms with Gasteiger partial charge >= 0.3 is 5.97 Å². The van der Waals surface area contributed by atoms with Gasteiger partial charge in [0.1, 0.15) is 0 Å². The van der Waals surface area contributed by atoms with Crippen LogP contribution >= 0.6 is 0 Å². The van der Waals surface area contributed by atoms with Crippen molar-refractivity contribution in [1.29, 1.82) is 0 Å². The third kappa shape index (κ3) is 5.38. The number of benzene rings is 1. The minimum Gasteiger partial charge on any atom is -0.463 e. The highest BCUT2D eigenvalue weighted by Gasteiger charge is 2.45. The van der Waals surface area contributed by atoms with Crippen LogP contribution in [-0.2, 0) is 30.3 Å². The molecule has 144 valence electrons. The second kappa shape index (κ2) is 9.83. The molecule has 1 heterocycles. The van der Waals surface area contributed by atoms with Crippen LogP contribution in [0.5, 0.6) is 0 Å². The van der Waals surface area contributed by atoms with Crippen LogP contribution in [0, 0.1) is 5.92 Å². The summed E-state index contributed by atoms with van der Waals surface area (Å²) in [7, 11) is 1.54. The lowest BCUT2D eigenvalue weighted by Gasteiger charge is -2.43. The summed E-state index contributed by atoms with van der Waals surface area (Å²) in [5.74, 6) is -0.848. The molecule has 0 saturated carbocycles. The molecule has 1 aliphatic rings. The minimum absolute atomic E-state index is 0.117. The zero-order valence-corrected chi connectivity index (χ0v) is 15.6. The van der Waals surface area contributed by atoms with Crippen molar-refractivity contribution in [2.75, 3.05) is 26.9 Å². The third-order valence-electron chi connectivity index (χ3n) is 4.60. The Hall–Kier alpha value is -1.73. The van der Waals surface area contributed by atoms with E-state index in [4.69, 9.17) is 18.9 Å². The first-order valence-corrected chi connectivity index (χ1v) is 8.85. The Labute approximate surface area is 154 Å². The lowest BCUT2D eigenvalue weighted by Crippen LogP contribution is -2.51. The number of rotatable bonds is 8. The van der Waals surface area contributed by atoms with Crippen LogP contribution in [0.3, 0.4) is 0 Å². The molecule has 1 fully saturated rings. The highest BCUT2D eigenvalue weighted by molar-refractivity contribution is 5.83. The first kappa shape index (κ1) is 20.6. The third-order valence-corrected chi connectivity index (χ3v) is 4.60. The predicted octanol–water partition coefficient (Wildman–Crippen LogP) is 2.45. The largest absolute Gasteiger partial charge is 0.463 e. The van der Waals surface area contributed by atoms with E-state index in [9.17, 15) is 9.90 Å². The van der Waals surface area contributed by atoms with E-state index >= 15 is 0 Å². The summed E-state index contributed by atoms with van der Waals surface area (Å²) in [6, 6.07) is 9.88. The SMILES string of the molecule is CCOC(=O)/C=C1\CO[C@@H](OC)[C@H](CCOCc2ccccc2)[C@]1(C)O. The Kier molecular flexibility index (Phi) is 7.78. The summed E-state index contributed by atoms with van der Waals surface area (Å²) in [6.45, 7) is 4.74. The molecule has 1 aliphatic heterocycles. The summed E-state index contributed by atoms with van der Waals surface area (Å²) >= 11 is 0. The van der Waals surface area contributed by atoms with Crippen molar-refractivity contribution in [2.24, 2.45) is 5.92 Å². The van der Waals surface area contributed by atoms with E-state index in [0.29, 0.717) is 25.2 Å². The van der Waals surface area contributed by atoms with Crippen LogP contribution in [-0.4, -0.2) is 49.9 Å². The molecule has 26 heavy (non-hydrogen) atoms. The predicted molar refractivity (Wildman–Crippen MR) is 96.3 cm³/mol. The van der Waals surface area contributed by atoms with Crippen molar-refractivity contribution in [3.05, 3.63) is 47.5 Å². The number of methoxy groups -OCH3 is 1. The smallest absolute Gasteiger partial charge is 0.330 e. The second-order valence-corrected chi connectivity index (χ2v) is 6.42. The second-order valence-electron chi connectivity index (χ2n) is 6.42. The van der Waals surface area contributed by atoms with E-state index in [-0.39, 0.29) is 19.1 Å². The van der Waals surface area contributed by atoms with Gasteiger partial charge in [-0.25, -0.2) is 4.79 Å². The van der Waals surface area contributed by atoms with Gasteiger partial charge in [-0.2, -0.15) is 0 Å². The average molecular weight is 364 g/mol. The van der Waals surface area contributed by atoms with Crippen LogP contribution in [0.1, 0.15) is 25.8 Å². The number of hydrogen-bond acceptors (Lipinski definition) is 6. The van der Waals surface area contributed by atoms with Crippen LogP contribution in [0.25, 0.3) is 0 Å². The molecule has 6 heteroatoms. The molecular formula is C20H28O6. The van der Waals surface area contributed by atoms with E-state index in [2.05, 4.69) is 0 Å². The normalized spacial score (nSPS) is 27.5. The van der Waals surface area contributed by atoms with Gasteiger partial charge in [-0.05, 0) is 31.4 Å². The number of carbonyl (C=O) groups excluding carboxylic acids is 1. The molecule has 1 saturated heterocycles. The minimum atomic E-state index is -1.25. The molecule has 0 amide bonds. The Morgan fingerprint density at radius 2 is 2.12 bits per heavy atom. The number of carbonyl (C=O) groups is 1. The lowest BCUT2D eigenvalue weighted by molar-refractivity contribution is -0.216. The Balaban J connectivity index is 1.99. The van der Waals surface area contributed by atoms with Crippen LogP contribution in [0.15, 0.2) is 42.0 Å². The van der Waals surface area contributed by atoms with Gasteiger partial charge in [-0.3, -0.25) is 0 Å². The van der Waals surface area contributed by atoms with Crippen molar-refractivity contribution in [1.82, 2.24) is 0 Å². The molecule has 1 N–H and O–H groups in total. The first-order chi connectivity index (χ1) is 12.5. The van der Waals surface area contributed by atoms with E-state index in [1.54, 1.807) is 21.0 Å². The van der Waals surface area contributed by atoms with E-state index in [0.717, 1.165) is 5.56 Å². The quantitative estimate of drug-likeness (QED) is 0.434. The zero-order valence-electron chi connectivity index (χ0n) is 15.6. The summed E-state index contributed by atoms with van der Waals surface area (Å²) in [5, 5.41) is 11.0. The van der Waals surface area contributed by atoms with Gasteiger partial charge in [0.2, 0.25) is 0 Å².